The third kappa shape index (κ3) is 15.6. The van der Waals surface area contributed by atoms with Gasteiger partial charge < -0.3 is 46.5 Å². The van der Waals surface area contributed by atoms with E-state index in [2.05, 4.69) is 45.4 Å². The lowest BCUT2D eigenvalue weighted by molar-refractivity contribution is -0.158. The van der Waals surface area contributed by atoms with Gasteiger partial charge in [-0.25, -0.2) is 24.4 Å². The molecular formula is C75H86N12O15S2. The minimum absolute atomic E-state index is 0.0130. The molecule has 4 fully saturated rings. The number of carbonyl (C=O) groups is 9. The first-order valence-electron chi connectivity index (χ1n) is 35.0. The van der Waals surface area contributed by atoms with Gasteiger partial charge >= 0.3 is 18.1 Å². The van der Waals surface area contributed by atoms with Crippen molar-refractivity contribution in [2.24, 2.45) is 33.3 Å². The second-order valence-corrected chi connectivity index (χ2v) is 32.0. The van der Waals surface area contributed by atoms with E-state index < -0.39 is 75.9 Å². The number of aromatic nitrogens is 4. The Morgan fingerprint density at radius 2 is 1.55 bits per heavy atom. The summed E-state index contributed by atoms with van der Waals surface area (Å²) in [4.78, 5) is 129. The first kappa shape index (κ1) is 73.8. The van der Waals surface area contributed by atoms with E-state index in [4.69, 9.17) is 25.3 Å². The number of carbonyl (C=O) groups excluding carboxylic acids is 8. The fraction of sp³-hybridized carbons (Fsp3) is 0.440. The van der Waals surface area contributed by atoms with Gasteiger partial charge in [0.2, 0.25) is 17.7 Å². The Kier molecular flexibility index (Phi) is 21.0. The van der Waals surface area contributed by atoms with Gasteiger partial charge in [-0.1, -0.05) is 94.0 Å². The Morgan fingerprint density at radius 3 is 2.28 bits per heavy atom. The zero-order valence-electron chi connectivity index (χ0n) is 58.6. The smallest absolute Gasteiger partial charge is 0.410 e. The molecule has 5 aliphatic rings. The highest BCUT2D eigenvalue weighted by Gasteiger charge is 2.84. The van der Waals surface area contributed by atoms with Crippen LogP contribution in [-0.2, 0) is 56.7 Å². The lowest BCUT2D eigenvalue weighted by atomic mass is 9.40. The number of nitrogens with zero attached hydrogens (tertiary/aromatic N) is 6. The molecule has 9 N–H and O–H groups in total. The number of anilines is 2. The molecule has 3 bridgehead atoms. The van der Waals surface area contributed by atoms with Crippen molar-refractivity contribution in [3.8, 4) is 22.4 Å². The molecule has 548 valence electrons. The number of primary amides is 1. The van der Waals surface area contributed by atoms with Gasteiger partial charge in [0.05, 0.1) is 40.1 Å². The van der Waals surface area contributed by atoms with Gasteiger partial charge in [-0.2, -0.15) is 13.5 Å². The Morgan fingerprint density at radius 1 is 0.788 bits per heavy atom. The molecule has 4 saturated carbocycles. The minimum Gasteiger partial charge on any atom is -0.476 e. The molecule has 7 atom stereocenters. The molecule has 27 nitrogen and oxygen atoms in total. The average Bonchev–Trinajstić information content (AvgIpc) is 1.46. The number of amides is 9. The van der Waals surface area contributed by atoms with Gasteiger partial charge in [-0.3, -0.25) is 48.2 Å². The van der Waals surface area contributed by atoms with Crippen LogP contribution in [0.4, 0.5) is 20.4 Å². The normalized spacial score (nSPS) is 21.9. The van der Waals surface area contributed by atoms with Crippen LogP contribution in [0, 0.1) is 34.5 Å². The van der Waals surface area contributed by atoms with Crippen molar-refractivity contribution < 1.29 is 70.7 Å². The summed E-state index contributed by atoms with van der Waals surface area (Å²) in [5.74, 6) is -5.06. The van der Waals surface area contributed by atoms with Gasteiger partial charge in [0, 0.05) is 84.9 Å². The van der Waals surface area contributed by atoms with E-state index in [0.717, 1.165) is 58.3 Å². The number of rotatable bonds is 32. The fourth-order valence-corrected chi connectivity index (χ4v) is 18.8. The number of hydrogen-bond acceptors (Lipinski definition) is 17. The van der Waals surface area contributed by atoms with Gasteiger partial charge in [0.15, 0.2) is 10.8 Å². The Labute approximate surface area is 605 Å². The lowest BCUT2D eigenvalue weighted by Crippen LogP contribution is -2.57. The maximum Gasteiger partial charge on any atom is 0.410 e. The van der Waals surface area contributed by atoms with E-state index >= 15 is 0 Å². The molecule has 4 aromatic carbocycles. The molecule has 12 rings (SSSR count). The largest absolute Gasteiger partial charge is 0.476 e. The van der Waals surface area contributed by atoms with Crippen LogP contribution in [-0.4, -0.2) is 157 Å². The maximum atomic E-state index is 14.0. The molecule has 5 unspecified atom stereocenters. The van der Waals surface area contributed by atoms with E-state index in [1.54, 1.807) is 62.5 Å². The van der Waals surface area contributed by atoms with Crippen molar-refractivity contribution in [2.75, 3.05) is 49.2 Å². The Hall–Kier alpha value is -9.97. The molecule has 104 heavy (non-hydrogen) atoms. The first-order chi connectivity index (χ1) is 49.5. The number of fused-ring (bicyclic) bond motifs is 4. The third-order valence-corrected chi connectivity index (χ3v) is 23.4. The maximum absolute atomic E-state index is 14.0. The summed E-state index contributed by atoms with van der Waals surface area (Å²) in [6, 6.07) is 25.6. The number of carboxylic acid groups (broad SMARTS) is 1. The number of imide groups is 1. The first-order valence-corrected chi connectivity index (χ1v) is 37.4. The van der Waals surface area contributed by atoms with Crippen molar-refractivity contribution in [2.45, 2.75) is 143 Å². The molecule has 4 heterocycles. The molecule has 4 aliphatic carbocycles. The molecular weight excluding hydrogens is 1370 g/mol. The number of aromatic carboxylic acids is 1. The van der Waals surface area contributed by atoms with E-state index in [1.807, 2.05) is 66.2 Å². The minimum atomic E-state index is -4.52. The van der Waals surface area contributed by atoms with Crippen LogP contribution in [0.25, 0.3) is 43.4 Å². The zero-order valence-corrected chi connectivity index (χ0v) is 60.3. The van der Waals surface area contributed by atoms with Gasteiger partial charge in [0.1, 0.15) is 18.7 Å². The predicted molar refractivity (Wildman–Crippen MR) is 388 cm³/mol. The fourth-order valence-electron chi connectivity index (χ4n) is 17.5. The molecule has 1 aliphatic heterocycles. The Bertz CT molecular complexity index is 4660. The number of nitrogens with two attached hydrogens (primary N) is 1. The van der Waals surface area contributed by atoms with Crippen LogP contribution in [0.5, 0.6) is 0 Å². The van der Waals surface area contributed by atoms with Crippen LogP contribution in [0.3, 0.4) is 0 Å². The van der Waals surface area contributed by atoms with Crippen molar-refractivity contribution in [3.05, 3.63) is 138 Å². The van der Waals surface area contributed by atoms with Crippen LogP contribution in [0.1, 0.15) is 137 Å². The highest BCUT2D eigenvalue weighted by Crippen LogP contribution is 2.89. The zero-order chi connectivity index (χ0) is 74.1. The standard InChI is InChI=1S/C75H86N12O15S2/c1-45(2)62(83-59(88)18-7-6-10-30-86-60(89)27-28-61(86)90)66(93)81-57(16-12-29-77-68(76)96)65(92)79-50-23-19-47(20-24-50)37-101-70(97)85(32-34-104(98,99)100)31-33-102-74-40-72(5)38-71(4)39-73(41-74,42-75(71,72)43-74)44-87-46(3)54(36-78-87)51-25-26-55(80-63(51)67(94)95)49-22-21-48-13-11-14-52(53(48)35-49)64(91)84-69-82-56-15-8-9-17-58(56)103-69/h8-9,11,13-15,17,19-28,35-36,45,57,62H,6-7,10,12,16,18,29-34,37-44H2,1-5H3,(H,79,92)(H,81,93)(H,83,88)(H,94,95)(H3,76,77,96)(H,82,84,91)(H,98,99,100)/t57-,62-,71?,72?,73?,74?,75?/m0/s1. The highest BCUT2D eigenvalue weighted by molar-refractivity contribution is 7.85. The summed E-state index contributed by atoms with van der Waals surface area (Å²) in [7, 11) is -4.52. The molecule has 9 amide bonds. The quantitative estimate of drug-likeness (QED) is 0.0110. The number of hydrogen-bond donors (Lipinski definition) is 8. The van der Waals surface area contributed by atoms with Gasteiger partial charge in [-0.15, -0.1) is 0 Å². The monoisotopic (exact) mass is 1460 g/mol. The second kappa shape index (κ2) is 29.6. The van der Waals surface area contributed by atoms with Crippen LogP contribution in [0.2, 0.25) is 0 Å². The van der Waals surface area contributed by atoms with Gasteiger partial charge in [-0.05, 0) is 164 Å². The number of unbranched alkanes of at least 4 members (excludes halogenated alkanes) is 2. The topological polar surface area (TPSA) is 383 Å². The molecule has 0 saturated heterocycles. The molecule has 29 heteroatoms. The van der Waals surface area contributed by atoms with Crippen LogP contribution >= 0.6 is 11.3 Å². The second-order valence-electron chi connectivity index (χ2n) is 29.4. The number of pyridine rings is 1. The summed E-state index contributed by atoms with van der Waals surface area (Å²) in [5.41, 5.74) is 9.02. The van der Waals surface area contributed by atoms with E-state index in [9.17, 15) is 61.2 Å². The number of urea groups is 1. The van der Waals surface area contributed by atoms with Gasteiger partial charge in [0.25, 0.3) is 27.8 Å². The number of ether oxygens (including phenoxy) is 2. The number of benzene rings is 4. The molecule has 0 radical (unpaired) electrons. The van der Waals surface area contributed by atoms with E-state index in [-0.39, 0.29) is 103 Å². The number of carboxylic acids is 1. The number of thiazole rings is 1. The third-order valence-electron chi connectivity index (χ3n) is 21.8. The summed E-state index contributed by atoms with van der Waals surface area (Å²) in [5, 5.41) is 31.4. The predicted octanol–water partition coefficient (Wildman–Crippen LogP) is 9.79. The SMILES string of the molecule is Cc1c(-c2ccc(-c3ccc4cccc(C(=O)Nc5nc6ccccc6s5)c4c3)nc2C(=O)O)cnn1CC12CC3(OCCN(CCS(=O)(=O)O)C(=O)OCc4ccc(NC(=O)[C@H](CCCNC(N)=O)NC(=O)[C@@H](NC(=O)CCCCCN5C(=O)C=CC5=O)C(C)C)cc4)CC4(C)CC(C)(C1)C4(C2)C3. The summed E-state index contributed by atoms with van der Waals surface area (Å²) in [6.07, 6.45) is 10.3. The highest BCUT2D eigenvalue weighted by atomic mass is 32.2. The Balaban J connectivity index is 0.672. The molecule has 7 aromatic rings. The number of nitrogens with one attached hydrogen (secondary N) is 5. The van der Waals surface area contributed by atoms with Crippen molar-refractivity contribution in [3.63, 3.8) is 0 Å². The molecule has 1 spiro atoms. The number of para-hydroxylation sites is 1. The van der Waals surface area contributed by atoms with Crippen LogP contribution in [0.15, 0.2) is 115 Å². The van der Waals surface area contributed by atoms with Crippen molar-refractivity contribution >= 4 is 107 Å². The van der Waals surface area contributed by atoms with Crippen LogP contribution < -0.4 is 32.3 Å². The average molecular weight is 1460 g/mol. The van der Waals surface area contributed by atoms with Crippen molar-refractivity contribution in [1.29, 1.82) is 0 Å². The summed E-state index contributed by atoms with van der Waals surface area (Å²) in [6.45, 7) is 10.3. The summed E-state index contributed by atoms with van der Waals surface area (Å²) >= 11 is 1.38. The van der Waals surface area contributed by atoms with E-state index in [0.29, 0.717) is 81.9 Å². The molecule has 3 aromatic heterocycles. The lowest BCUT2D eigenvalue weighted by Gasteiger charge is -2.64. The summed E-state index contributed by atoms with van der Waals surface area (Å²) < 4.78 is 49.9. The van der Waals surface area contributed by atoms with Crippen molar-refractivity contribution in [1.82, 2.24) is 45.5 Å². The van der Waals surface area contributed by atoms with E-state index in [1.165, 1.54) is 28.4 Å².